The summed E-state index contributed by atoms with van der Waals surface area (Å²) >= 11 is 3.17. The maximum absolute atomic E-state index is 13.7. The molecule has 1 saturated heterocycles. The highest BCUT2D eigenvalue weighted by Gasteiger charge is 2.16. The maximum atomic E-state index is 13.7. The SMILES string of the molecule is Nc1nc2cc(Br)c(F)cc2n1CCC1CCCCO1. The van der Waals surface area contributed by atoms with Gasteiger partial charge in [0.25, 0.3) is 0 Å². The van der Waals surface area contributed by atoms with Crippen molar-refractivity contribution in [2.75, 3.05) is 12.3 Å². The number of ether oxygens (including phenoxy) is 1. The summed E-state index contributed by atoms with van der Waals surface area (Å²) in [5, 5.41) is 0. The maximum Gasteiger partial charge on any atom is 0.201 e. The highest BCUT2D eigenvalue weighted by molar-refractivity contribution is 9.10. The van der Waals surface area contributed by atoms with Crippen LogP contribution >= 0.6 is 15.9 Å². The van der Waals surface area contributed by atoms with Gasteiger partial charge in [0.1, 0.15) is 5.82 Å². The van der Waals surface area contributed by atoms with Gasteiger partial charge in [-0.3, -0.25) is 0 Å². The van der Waals surface area contributed by atoms with Gasteiger partial charge >= 0.3 is 0 Å². The Bertz CT molecular complexity index is 622. The van der Waals surface area contributed by atoms with E-state index < -0.39 is 0 Å². The van der Waals surface area contributed by atoms with Crippen LogP contribution in [-0.2, 0) is 11.3 Å². The first-order chi connectivity index (χ1) is 9.65. The lowest BCUT2D eigenvalue weighted by Crippen LogP contribution is -2.21. The Morgan fingerprint density at radius 2 is 2.30 bits per heavy atom. The summed E-state index contributed by atoms with van der Waals surface area (Å²) in [6, 6.07) is 3.14. The molecule has 3 rings (SSSR count). The Hall–Kier alpha value is -1.14. The third-order valence-corrected chi connectivity index (χ3v) is 4.38. The second kappa shape index (κ2) is 5.69. The van der Waals surface area contributed by atoms with Gasteiger partial charge in [-0.2, -0.15) is 0 Å². The van der Waals surface area contributed by atoms with Crippen molar-refractivity contribution in [2.45, 2.75) is 38.3 Å². The fourth-order valence-electron chi connectivity index (χ4n) is 2.68. The first-order valence-corrected chi connectivity index (χ1v) is 7.67. The molecule has 4 nitrogen and oxygen atoms in total. The molecule has 20 heavy (non-hydrogen) atoms. The van der Waals surface area contributed by atoms with E-state index in [1.165, 1.54) is 12.5 Å². The van der Waals surface area contributed by atoms with Gasteiger partial charge in [0.05, 0.1) is 21.6 Å². The Labute approximate surface area is 125 Å². The van der Waals surface area contributed by atoms with E-state index in [-0.39, 0.29) is 11.9 Å². The summed E-state index contributed by atoms with van der Waals surface area (Å²) in [5.41, 5.74) is 7.39. The molecule has 0 bridgehead atoms. The van der Waals surface area contributed by atoms with Crippen molar-refractivity contribution in [3.8, 4) is 0 Å². The van der Waals surface area contributed by atoms with Crippen molar-refractivity contribution in [3.63, 3.8) is 0 Å². The number of hydrogen-bond donors (Lipinski definition) is 1. The van der Waals surface area contributed by atoms with Gasteiger partial charge in [-0.25, -0.2) is 9.37 Å². The summed E-state index contributed by atoms with van der Waals surface area (Å²) in [6.45, 7) is 1.54. The number of rotatable bonds is 3. The fourth-order valence-corrected chi connectivity index (χ4v) is 3.01. The van der Waals surface area contributed by atoms with E-state index in [2.05, 4.69) is 20.9 Å². The minimum atomic E-state index is -0.299. The molecule has 1 aromatic carbocycles. The van der Waals surface area contributed by atoms with E-state index in [0.29, 0.717) is 22.5 Å². The van der Waals surface area contributed by atoms with Crippen molar-refractivity contribution in [3.05, 3.63) is 22.4 Å². The molecule has 0 spiro atoms. The van der Waals surface area contributed by atoms with Gasteiger partial charge in [0.15, 0.2) is 0 Å². The number of nitrogen functional groups attached to an aromatic ring is 1. The summed E-state index contributed by atoms with van der Waals surface area (Å²) in [7, 11) is 0. The van der Waals surface area contributed by atoms with Crippen LogP contribution < -0.4 is 5.73 Å². The number of anilines is 1. The van der Waals surface area contributed by atoms with Gasteiger partial charge in [-0.15, -0.1) is 0 Å². The van der Waals surface area contributed by atoms with Crippen molar-refractivity contribution in [2.24, 2.45) is 0 Å². The fraction of sp³-hybridized carbons (Fsp3) is 0.500. The number of halogens is 2. The molecule has 0 saturated carbocycles. The Morgan fingerprint density at radius 3 is 3.05 bits per heavy atom. The summed E-state index contributed by atoms with van der Waals surface area (Å²) < 4.78 is 21.7. The largest absolute Gasteiger partial charge is 0.378 e. The second-order valence-electron chi connectivity index (χ2n) is 5.15. The molecule has 1 fully saturated rings. The van der Waals surface area contributed by atoms with Gasteiger partial charge in [0, 0.05) is 19.2 Å². The number of benzene rings is 1. The number of aryl methyl sites for hydroxylation is 1. The molecule has 1 unspecified atom stereocenters. The van der Waals surface area contributed by atoms with E-state index >= 15 is 0 Å². The number of imidazole rings is 1. The molecule has 2 N–H and O–H groups in total. The molecular formula is C14H17BrFN3O. The van der Waals surface area contributed by atoms with Crippen LogP contribution in [0.1, 0.15) is 25.7 Å². The quantitative estimate of drug-likeness (QED) is 0.929. The van der Waals surface area contributed by atoms with Crippen molar-refractivity contribution < 1.29 is 9.13 Å². The first-order valence-electron chi connectivity index (χ1n) is 6.87. The van der Waals surface area contributed by atoms with Crippen molar-refractivity contribution in [1.82, 2.24) is 9.55 Å². The molecule has 0 radical (unpaired) electrons. The third kappa shape index (κ3) is 2.67. The number of aromatic nitrogens is 2. The molecule has 2 aromatic rings. The Balaban J connectivity index is 1.83. The smallest absolute Gasteiger partial charge is 0.201 e. The number of fused-ring (bicyclic) bond motifs is 1. The van der Waals surface area contributed by atoms with Crippen LogP contribution in [0, 0.1) is 5.82 Å². The molecule has 0 aliphatic carbocycles. The van der Waals surface area contributed by atoms with Crippen molar-refractivity contribution >= 4 is 32.9 Å². The van der Waals surface area contributed by atoms with Crippen LogP contribution in [0.2, 0.25) is 0 Å². The predicted molar refractivity (Wildman–Crippen MR) is 80.0 cm³/mol. The second-order valence-corrected chi connectivity index (χ2v) is 6.01. The lowest BCUT2D eigenvalue weighted by atomic mass is 10.1. The molecular weight excluding hydrogens is 325 g/mol. The van der Waals surface area contributed by atoms with Gasteiger partial charge < -0.3 is 15.0 Å². The normalized spacial score (nSPS) is 19.6. The zero-order valence-electron chi connectivity index (χ0n) is 11.1. The van der Waals surface area contributed by atoms with E-state index in [4.69, 9.17) is 10.5 Å². The summed E-state index contributed by atoms with van der Waals surface area (Å²) in [6.07, 6.45) is 4.61. The molecule has 1 aliphatic rings. The number of nitrogens with two attached hydrogens (primary N) is 1. The topological polar surface area (TPSA) is 53.1 Å². The minimum Gasteiger partial charge on any atom is -0.378 e. The van der Waals surface area contributed by atoms with Gasteiger partial charge in [-0.1, -0.05) is 0 Å². The molecule has 1 aromatic heterocycles. The zero-order chi connectivity index (χ0) is 14.1. The third-order valence-electron chi connectivity index (χ3n) is 3.77. The van der Waals surface area contributed by atoms with Crippen molar-refractivity contribution in [1.29, 1.82) is 0 Å². The first kappa shape index (κ1) is 13.8. The highest BCUT2D eigenvalue weighted by Crippen LogP contribution is 2.26. The monoisotopic (exact) mass is 341 g/mol. The Morgan fingerprint density at radius 1 is 1.45 bits per heavy atom. The van der Waals surface area contributed by atoms with Crippen LogP contribution in [-0.4, -0.2) is 22.3 Å². The summed E-state index contributed by atoms with van der Waals surface area (Å²) in [5.74, 6) is 0.126. The van der Waals surface area contributed by atoms with E-state index in [1.54, 1.807) is 6.07 Å². The average molecular weight is 342 g/mol. The Kier molecular flexibility index (Phi) is 3.94. The highest BCUT2D eigenvalue weighted by atomic mass is 79.9. The predicted octanol–water partition coefficient (Wildman–Crippen LogP) is 3.48. The average Bonchev–Trinajstić information content (AvgIpc) is 2.73. The van der Waals surface area contributed by atoms with Gasteiger partial charge in [-0.05, 0) is 47.7 Å². The zero-order valence-corrected chi connectivity index (χ0v) is 12.7. The van der Waals surface area contributed by atoms with Crippen LogP contribution in [0.5, 0.6) is 0 Å². The number of hydrogen-bond acceptors (Lipinski definition) is 3. The minimum absolute atomic E-state index is 0.279. The molecule has 1 atom stereocenters. The lowest BCUT2D eigenvalue weighted by Gasteiger charge is -2.22. The van der Waals surface area contributed by atoms with Crippen LogP contribution in [0.15, 0.2) is 16.6 Å². The lowest BCUT2D eigenvalue weighted by molar-refractivity contribution is 0.00906. The molecule has 108 valence electrons. The van der Waals surface area contributed by atoms with Gasteiger partial charge in [0.2, 0.25) is 5.95 Å². The van der Waals surface area contributed by atoms with E-state index in [0.717, 1.165) is 31.4 Å². The molecule has 1 aliphatic heterocycles. The summed E-state index contributed by atoms with van der Waals surface area (Å²) in [4.78, 5) is 4.28. The number of nitrogens with zero attached hydrogens (tertiary/aromatic N) is 2. The standard InChI is InChI=1S/C14H17BrFN3O/c15-10-7-12-13(8-11(10)16)19(14(17)18-12)5-4-9-3-1-2-6-20-9/h7-9H,1-6H2,(H2,17,18). The molecule has 0 amide bonds. The van der Waals surface area contributed by atoms with E-state index in [1.807, 2.05) is 4.57 Å². The molecule has 2 heterocycles. The van der Waals surface area contributed by atoms with Crippen LogP contribution in [0.4, 0.5) is 10.3 Å². The van der Waals surface area contributed by atoms with Crippen LogP contribution in [0.3, 0.4) is 0 Å². The van der Waals surface area contributed by atoms with E-state index in [9.17, 15) is 4.39 Å². The van der Waals surface area contributed by atoms with Crippen LogP contribution in [0.25, 0.3) is 11.0 Å². The molecule has 6 heteroatoms.